The van der Waals surface area contributed by atoms with E-state index in [1.807, 2.05) is 6.92 Å². The third-order valence-corrected chi connectivity index (χ3v) is 3.63. The summed E-state index contributed by atoms with van der Waals surface area (Å²) >= 11 is 0. The van der Waals surface area contributed by atoms with Crippen molar-refractivity contribution in [2.24, 2.45) is 7.05 Å². The molecule has 1 aromatic rings. The van der Waals surface area contributed by atoms with Crippen molar-refractivity contribution in [2.75, 3.05) is 12.3 Å². The molecule has 0 saturated carbocycles. The third-order valence-electron chi connectivity index (χ3n) is 2.45. The zero-order chi connectivity index (χ0) is 14.4. The van der Waals surface area contributed by atoms with Crippen molar-refractivity contribution in [2.45, 2.75) is 19.1 Å². The van der Waals surface area contributed by atoms with Gasteiger partial charge in [-0.1, -0.05) is 6.92 Å². The van der Waals surface area contributed by atoms with Gasteiger partial charge in [0.25, 0.3) is 0 Å². The molecule has 1 rings (SSSR count). The van der Waals surface area contributed by atoms with Gasteiger partial charge < -0.3 is 10.4 Å². The van der Waals surface area contributed by atoms with Crippen LogP contribution >= 0.6 is 0 Å². The molecule has 1 heterocycles. The van der Waals surface area contributed by atoms with E-state index in [1.54, 1.807) is 7.05 Å². The molecule has 2 N–H and O–H groups in total. The maximum atomic E-state index is 11.8. The first-order valence-corrected chi connectivity index (χ1v) is 7.30. The molecule has 0 bridgehead atoms. The number of aromatic carboxylic acids is 1. The minimum Gasteiger partial charge on any atom is -0.478 e. The average molecular weight is 287 g/mol. The molecule has 0 fully saturated rings. The lowest BCUT2D eigenvalue weighted by molar-refractivity contribution is -0.118. The zero-order valence-corrected chi connectivity index (χ0v) is 11.7. The highest BCUT2D eigenvalue weighted by molar-refractivity contribution is 7.84. The van der Waals surface area contributed by atoms with Crippen LogP contribution in [0, 0.1) is 0 Å². The first-order chi connectivity index (χ1) is 8.95. The highest BCUT2D eigenvalue weighted by Crippen LogP contribution is 2.10. The molecule has 1 atom stereocenters. The van der Waals surface area contributed by atoms with Gasteiger partial charge in [0.15, 0.2) is 0 Å². The van der Waals surface area contributed by atoms with E-state index in [0.29, 0.717) is 12.2 Å². The SMILES string of the molecule is CCCNC(=O)CS(=O)Cc1c(C(=O)O)cnn1C. The summed E-state index contributed by atoms with van der Waals surface area (Å²) < 4.78 is 13.2. The molecule has 0 aliphatic rings. The monoisotopic (exact) mass is 287 g/mol. The summed E-state index contributed by atoms with van der Waals surface area (Å²) in [5.74, 6) is -1.54. The topological polar surface area (TPSA) is 101 Å². The molecule has 0 spiro atoms. The van der Waals surface area contributed by atoms with Crippen LogP contribution in [0.5, 0.6) is 0 Å². The average Bonchev–Trinajstić information content (AvgIpc) is 2.68. The molecule has 7 nitrogen and oxygen atoms in total. The number of amides is 1. The van der Waals surface area contributed by atoms with Gasteiger partial charge in [-0.15, -0.1) is 0 Å². The van der Waals surface area contributed by atoms with Crippen LogP contribution in [0.1, 0.15) is 29.4 Å². The van der Waals surface area contributed by atoms with Crippen molar-refractivity contribution in [1.82, 2.24) is 15.1 Å². The lowest BCUT2D eigenvalue weighted by Gasteiger charge is -2.05. The van der Waals surface area contributed by atoms with Gasteiger partial charge in [0.1, 0.15) is 11.3 Å². The van der Waals surface area contributed by atoms with E-state index in [2.05, 4.69) is 10.4 Å². The first kappa shape index (κ1) is 15.4. The smallest absolute Gasteiger partial charge is 0.339 e. The Hall–Kier alpha value is -1.70. The highest BCUT2D eigenvalue weighted by atomic mass is 32.2. The van der Waals surface area contributed by atoms with Crippen LogP contribution in [0.15, 0.2) is 6.20 Å². The molecule has 1 unspecified atom stereocenters. The Bertz CT molecular complexity index is 498. The number of hydrogen-bond acceptors (Lipinski definition) is 4. The highest BCUT2D eigenvalue weighted by Gasteiger charge is 2.18. The summed E-state index contributed by atoms with van der Waals surface area (Å²) in [6.07, 6.45) is 2.02. The van der Waals surface area contributed by atoms with Gasteiger partial charge in [-0.05, 0) is 6.42 Å². The van der Waals surface area contributed by atoms with E-state index in [-0.39, 0.29) is 23.0 Å². The van der Waals surface area contributed by atoms with Crippen LogP contribution in [0.3, 0.4) is 0 Å². The number of hydrogen-bond donors (Lipinski definition) is 2. The van der Waals surface area contributed by atoms with Gasteiger partial charge in [-0.2, -0.15) is 5.10 Å². The fourth-order valence-electron chi connectivity index (χ4n) is 1.48. The van der Waals surface area contributed by atoms with E-state index in [4.69, 9.17) is 5.11 Å². The molecule has 0 aliphatic heterocycles. The summed E-state index contributed by atoms with van der Waals surface area (Å²) in [5.41, 5.74) is 0.374. The second-order valence-electron chi connectivity index (χ2n) is 4.01. The van der Waals surface area contributed by atoms with Gasteiger partial charge in [-0.3, -0.25) is 13.7 Å². The quantitative estimate of drug-likeness (QED) is 0.729. The summed E-state index contributed by atoms with van der Waals surface area (Å²) in [6.45, 7) is 2.47. The molecule has 8 heteroatoms. The Kier molecular flexibility index (Phi) is 5.68. The van der Waals surface area contributed by atoms with Gasteiger partial charge in [0.05, 0.1) is 17.6 Å². The summed E-state index contributed by atoms with van der Waals surface area (Å²) in [4.78, 5) is 22.4. The van der Waals surface area contributed by atoms with Crippen LogP contribution in [-0.2, 0) is 28.4 Å². The molecule has 0 aliphatic carbocycles. The Morgan fingerprint density at radius 3 is 2.79 bits per heavy atom. The van der Waals surface area contributed by atoms with Crippen molar-refractivity contribution in [3.8, 4) is 0 Å². The van der Waals surface area contributed by atoms with Crippen LogP contribution in [0.4, 0.5) is 0 Å². The lowest BCUT2D eigenvalue weighted by atomic mass is 10.3. The van der Waals surface area contributed by atoms with Crippen LogP contribution in [-0.4, -0.2) is 43.3 Å². The Morgan fingerprint density at radius 1 is 1.53 bits per heavy atom. The predicted octanol–water partition coefficient (Wildman–Crippen LogP) is -0.107. The normalized spacial score (nSPS) is 12.1. The largest absolute Gasteiger partial charge is 0.478 e. The standard InChI is InChI=1S/C11H17N3O4S/c1-3-4-12-10(15)7-19(18)6-9-8(11(16)17)5-13-14(9)2/h5H,3-4,6-7H2,1-2H3,(H,12,15)(H,16,17). The second kappa shape index (κ2) is 7.03. The summed E-state index contributed by atoms with van der Waals surface area (Å²) in [6, 6.07) is 0. The molecule has 0 saturated heterocycles. The second-order valence-corrected chi connectivity index (χ2v) is 5.47. The number of carbonyl (C=O) groups excluding carboxylic acids is 1. The van der Waals surface area contributed by atoms with Crippen molar-refractivity contribution < 1.29 is 18.9 Å². The van der Waals surface area contributed by atoms with Crippen LogP contribution in [0.25, 0.3) is 0 Å². The minimum atomic E-state index is -1.46. The number of rotatable bonds is 7. The molecular formula is C11H17N3O4S. The first-order valence-electron chi connectivity index (χ1n) is 5.81. The van der Waals surface area contributed by atoms with E-state index < -0.39 is 16.8 Å². The fraction of sp³-hybridized carbons (Fsp3) is 0.545. The third kappa shape index (κ3) is 4.47. The van der Waals surface area contributed by atoms with E-state index in [9.17, 15) is 13.8 Å². The van der Waals surface area contributed by atoms with Crippen LogP contribution in [0.2, 0.25) is 0 Å². The van der Waals surface area contributed by atoms with Crippen molar-refractivity contribution in [1.29, 1.82) is 0 Å². The minimum absolute atomic E-state index is 0.00230. The predicted molar refractivity (Wildman–Crippen MR) is 70.2 cm³/mol. The summed E-state index contributed by atoms with van der Waals surface area (Å²) in [5, 5.41) is 15.4. The van der Waals surface area contributed by atoms with Crippen molar-refractivity contribution in [3.63, 3.8) is 0 Å². The molecule has 19 heavy (non-hydrogen) atoms. The maximum absolute atomic E-state index is 11.8. The molecular weight excluding hydrogens is 270 g/mol. The van der Waals surface area contributed by atoms with E-state index in [0.717, 1.165) is 6.42 Å². The summed E-state index contributed by atoms with van der Waals surface area (Å²) in [7, 11) is 0.123. The van der Waals surface area contributed by atoms with Crippen molar-refractivity contribution in [3.05, 3.63) is 17.5 Å². The number of nitrogens with one attached hydrogen (secondary N) is 1. The maximum Gasteiger partial charge on any atom is 0.339 e. The number of carbonyl (C=O) groups is 2. The molecule has 0 radical (unpaired) electrons. The van der Waals surface area contributed by atoms with Gasteiger partial charge in [-0.25, -0.2) is 4.79 Å². The fourth-order valence-corrected chi connectivity index (χ4v) is 2.62. The van der Waals surface area contributed by atoms with E-state index in [1.165, 1.54) is 10.9 Å². The van der Waals surface area contributed by atoms with E-state index >= 15 is 0 Å². The number of aryl methyl sites for hydroxylation is 1. The Morgan fingerprint density at radius 2 is 2.21 bits per heavy atom. The van der Waals surface area contributed by atoms with Gasteiger partial charge >= 0.3 is 5.97 Å². The molecule has 1 aromatic heterocycles. The number of nitrogens with zero attached hydrogens (tertiary/aromatic N) is 2. The number of carboxylic acids is 1. The van der Waals surface area contributed by atoms with Gasteiger partial charge in [0, 0.05) is 24.4 Å². The number of carboxylic acid groups (broad SMARTS) is 1. The number of aromatic nitrogens is 2. The zero-order valence-electron chi connectivity index (χ0n) is 10.9. The van der Waals surface area contributed by atoms with Crippen LogP contribution < -0.4 is 5.32 Å². The molecule has 1 amide bonds. The Balaban J connectivity index is 2.64. The molecule has 106 valence electrons. The molecule has 0 aromatic carbocycles. The Labute approximate surface area is 113 Å². The van der Waals surface area contributed by atoms with Gasteiger partial charge in [0.2, 0.25) is 5.91 Å². The van der Waals surface area contributed by atoms with Crippen molar-refractivity contribution >= 4 is 22.7 Å². The lowest BCUT2D eigenvalue weighted by Crippen LogP contribution is -2.29.